The summed E-state index contributed by atoms with van der Waals surface area (Å²) >= 11 is 0. The predicted octanol–water partition coefficient (Wildman–Crippen LogP) is 2.11. The van der Waals surface area contributed by atoms with Gasteiger partial charge in [-0.15, -0.1) is 0 Å². The fourth-order valence-electron chi connectivity index (χ4n) is 2.35. The zero-order chi connectivity index (χ0) is 14.8. The van der Waals surface area contributed by atoms with Gasteiger partial charge in [-0.1, -0.05) is 6.07 Å². The molecule has 0 spiro atoms. The largest absolute Gasteiger partial charge is 0.354 e. The third kappa shape index (κ3) is 4.18. The zero-order valence-electron chi connectivity index (χ0n) is 13.5. The van der Waals surface area contributed by atoms with Gasteiger partial charge in [-0.3, -0.25) is 0 Å². The van der Waals surface area contributed by atoms with E-state index in [9.17, 15) is 0 Å². The minimum atomic E-state index is 0.125. The number of nitrogens with zero attached hydrogens (tertiary/aromatic N) is 3. The normalized spacial score (nSPS) is 21.2. The summed E-state index contributed by atoms with van der Waals surface area (Å²) in [5, 5.41) is 3.49. The smallest absolute Gasteiger partial charge is 0.128 e. The molecule has 2 heterocycles. The third-order valence-corrected chi connectivity index (χ3v) is 3.88. The van der Waals surface area contributed by atoms with E-state index < -0.39 is 0 Å². The summed E-state index contributed by atoms with van der Waals surface area (Å²) in [5.74, 6) is 1.11. The molecule has 4 heteroatoms. The van der Waals surface area contributed by atoms with Crippen molar-refractivity contribution in [1.29, 1.82) is 0 Å². The van der Waals surface area contributed by atoms with Gasteiger partial charge in [-0.05, 0) is 46.9 Å². The van der Waals surface area contributed by atoms with Crippen molar-refractivity contribution in [2.45, 2.75) is 45.8 Å². The summed E-state index contributed by atoms with van der Waals surface area (Å²) in [6.07, 6.45) is 0. The Bertz CT molecular complexity index is 438. The van der Waals surface area contributed by atoms with E-state index in [1.54, 1.807) is 0 Å². The van der Waals surface area contributed by atoms with Crippen LogP contribution in [0.4, 0.5) is 5.82 Å². The van der Waals surface area contributed by atoms with Crippen LogP contribution >= 0.6 is 0 Å². The second-order valence-corrected chi connectivity index (χ2v) is 6.87. The van der Waals surface area contributed by atoms with Gasteiger partial charge in [0, 0.05) is 37.8 Å². The Balaban J connectivity index is 2.02. The van der Waals surface area contributed by atoms with E-state index in [1.165, 1.54) is 0 Å². The molecule has 2 rings (SSSR count). The van der Waals surface area contributed by atoms with Crippen LogP contribution in [0, 0.1) is 0 Å². The fraction of sp³-hybridized carbons (Fsp3) is 0.688. The highest BCUT2D eigenvalue weighted by atomic mass is 15.3. The van der Waals surface area contributed by atoms with Gasteiger partial charge in [0.15, 0.2) is 0 Å². The molecule has 1 aromatic rings. The molecule has 4 nitrogen and oxygen atoms in total. The first-order valence-electron chi connectivity index (χ1n) is 7.51. The number of nitrogens with one attached hydrogen (secondary N) is 1. The number of hydrogen-bond acceptors (Lipinski definition) is 4. The van der Waals surface area contributed by atoms with E-state index >= 15 is 0 Å². The van der Waals surface area contributed by atoms with Crippen LogP contribution in [0.3, 0.4) is 0 Å². The van der Waals surface area contributed by atoms with E-state index in [2.05, 4.69) is 68.1 Å². The van der Waals surface area contributed by atoms with Crippen molar-refractivity contribution in [2.24, 2.45) is 0 Å². The zero-order valence-corrected chi connectivity index (χ0v) is 13.5. The lowest BCUT2D eigenvalue weighted by atomic mass is 10.1. The van der Waals surface area contributed by atoms with E-state index in [0.717, 1.165) is 37.7 Å². The van der Waals surface area contributed by atoms with Gasteiger partial charge in [0.25, 0.3) is 0 Å². The van der Waals surface area contributed by atoms with Gasteiger partial charge in [-0.2, -0.15) is 0 Å². The number of likely N-dealkylation sites (N-methyl/N-ethyl adjacent to an activating group) is 1. The molecule has 0 saturated carbocycles. The SMILES string of the molecule is CC1CN(c2cccc(CNC(C)(C)C)n2)CCN1C. The molecule has 1 aliphatic rings. The summed E-state index contributed by atoms with van der Waals surface area (Å²) < 4.78 is 0. The van der Waals surface area contributed by atoms with Crippen LogP contribution in [0.1, 0.15) is 33.4 Å². The first kappa shape index (κ1) is 15.3. The predicted molar refractivity (Wildman–Crippen MR) is 85.1 cm³/mol. The summed E-state index contributed by atoms with van der Waals surface area (Å²) in [6.45, 7) is 12.9. The van der Waals surface area contributed by atoms with E-state index in [1.807, 2.05) is 0 Å². The van der Waals surface area contributed by atoms with Crippen molar-refractivity contribution in [1.82, 2.24) is 15.2 Å². The molecule has 1 aromatic heterocycles. The average molecular weight is 276 g/mol. The summed E-state index contributed by atoms with van der Waals surface area (Å²) in [6, 6.07) is 6.92. The third-order valence-electron chi connectivity index (χ3n) is 3.88. The molecule has 0 radical (unpaired) electrons. The lowest BCUT2D eigenvalue weighted by molar-refractivity contribution is 0.233. The second-order valence-electron chi connectivity index (χ2n) is 6.87. The van der Waals surface area contributed by atoms with Crippen molar-refractivity contribution in [3.05, 3.63) is 23.9 Å². The number of aromatic nitrogens is 1. The first-order valence-corrected chi connectivity index (χ1v) is 7.51. The van der Waals surface area contributed by atoms with Crippen LogP contribution < -0.4 is 10.2 Å². The highest BCUT2D eigenvalue weighted by Crippen LogP contribution is 2.16. The lowest BCUT2D eigenvalue weighted by Crippen LogP contribution is -2.50. The molecule has 0 bridgehead atoms. The Labute approximate surface area is 123 Å². The molecule has 1 unspecified atom stereocenters. The van der Waals surface area contributed by atoms with E-state index in [0.29, 0.717) is 6.04 Å². The van der Waals surface area contributed by atoms with Gasteiger partial charge < -0.3 is 15.1 Å². The van der Waals surface area contributed by atoms with E-state index in [4.69, 9.17) is 4.98 Å². The minimum absolute atomic E-state index is 0.125. The van der Waals surface area contributed by atoms with Crippen molar-refractivity contribution < 1.29 is 0 Å². The minimum Gasteiger partial charge on any atom is -0.354 e. The maximum atomic E-state index is 4.80. The Morgan fingerprint density at radius 2 is 2.05 bits per heavy atom. The summed E-state index contributed by atoms with van der Waals surface area (Å²) in [7, 11) is 2.19. The number of pyridine rings is 1. The maximum Gasteiger partial charge on any atom is 0.128 e. The van der Waals surface area contributed by atoms with Gasteiger partial charge in [0.2, 0.25) is 0 Å². The van der Waals surface area contributed by atoms with Crippen LogP contribution in [0.15, 0.2) is 18.2 Å². The number of anilines is 1. The summed E-state index contributed by atoms with van der Waals surface area (Å²) in [4.78, 5) is 9.60. The van der Waals surface area contributed by atoms with Crippen molar-refractivity contribution >= 4 is 5.82 Å². The van der Waals surface area contributed by atoms with Crippen LogP contribution in [-0.4, -0.2) is 48.1 Å². The maximum absolute atomic E-state index is 4.80. The van der Waals surface area contributed by atoms with Gasteiger partial charge in [0.05, 0.1) is 5.69 Å². The number of piperazine rings is 1. The molecular formula is C16H28N4. The Morgan fingerprint density at radius 1 is 1.30 bits per heavy atom. The van der Waals surface area contributed by atoms with Gasteiger partial charge in [-0.25, -0.2) is 4.98 Å². The highest BCUT2D eigenvalue weighted by molar-refractivity contribution is 5.40. The van der Waals surface area contributed by atoms with Crippen molar-refractivity contribution in [3.63, 3.8) is 0 Å². The fourth-order valence-corrected chi connectivity index (χ4v) is 2.35. The Kier molecular flexibility index (Phi) is 4.66. The average Bonchev–Trinajstić information content (AvgIpc) is 2.39. The van der Waals surface area contributed by atoms with Crippen LogP contribution in [0.2, 0.25) is 0 Å². The molecular weight excluding hydrogens is 248 g/mol. The molecule has 112 valence electrons. The Hall–Kier alpha value is -1.13. The monoisotopic (exact) mass is 276 g/mol. The quantitative estimate of drug-likeness (QED) is 0.916. The molecule has 1 saturated heterocycles. The first-order chi connectivity index (χ1) is 9.35. The molecule has 0 aromatic carbocycles. The van der Waals surface area contributed by atoms with Gasteiger partial charge in [0.1, 0.15) is 5.82 Å². The van der Waals surface area contributed by atoms with Crippen molar-refractivity contribution in [3.8, 4) is 0 Å². The molecule has 1 N–H and O–H groups in total. The van der Waals surface area contributed by atoms with Crippen LogP contribution in [0.5, 0.6) is 0 Å². The second kappa shape index (κ2) is 6.10. The van der Waals surface area contributed by atoms with Gasteiger partial charge >= 0.3 is 0 Å². The van der Waals surface area contributed by atoms with Crippen molar-refractivity contribution in [2.75, 3.05) is 31.6 Å². The molecule has 0 amide bonds. The van der Waals surface area contributed by atoms with Crippen LogP contribution in [0.25, 0.3) is 0 Å². The molecule has 20 heavy (non-hydrogen) atoms. The standard InChI is InChI=1S/C16H28N4/c1-13-12-20(10-9-19(13)5)15-8-6-7-14(18-15)11-17-16(2,3)4/h6-8,13,17H,9-12H2,1-5H3. The number of hydrogen-bond donors (Lipinski definition) is 1. The molecule has 1 aliphatic heterocycles. The molecule has 1 fully saturated rings. The Morgan fingerprint density at radius 3 is 2.70 bits per heavy atom. The lowest BCUT2D eigenvalue weighted by Gasteiger charge is -2.38. The van der Waals surface area contributed by atoms with E-state index in [-0.39, 0.29) is 5.54 Å². The molecule has 0 aliphatic carbocycles. The van der Waals surface area contributed by atoms with Crippen LogP contribution in [-0.2, 0) is 6.54 Å². The summed E-state index contributed by atoms with van der Waals surface area (Å²) in [5.41, 5.74) is 1.24. The topological polar surface area (TPSA) is 31.4 Å². The number of rotatable bonds is 3. The molecule has 1 atom stereocenters. The highest BCUT2D eigenvalue weighted by Gasteiger charge is 2.21.